The summed E-state index contributed by atoms with van der Waals surface area (Å²) in [5.74, 6) is 0.132. The summed E-state index contributed by atoms with van der Waals surface area (Å²) < 4.78 is 39.0. The van der Waals surface area contributed by atoms with E-state index >= 15 is 0 Å². The van der Waals surface area contributed by atoms with Crippen LogP contribution in [0.15, 0.2) is 18.2 Å². The van der Waals surface area contributed by atoms with Crippen molar-refractivity contribution in [2.24, 2.45) is 0 Å². The largest absolute Gasteiger partial charge is 0.454 e. The lowest BCUT2D eigenvalue weighted by atomic mass is 10.2. The summed E-state index contributed by atoms with van der Waals surface area (Å²) in [7, 11) is -3.09. The van der Waals surface area contributed by atoms with Crippen LogP contribution in [0.1, 0.15) is 29.6 Å². The molecule has 140 valence electrons. The van der Waals surface area contributed by atoms with E-state index in [0.29, 0.717) is 17.9 Å². The summed E-state index contributed by atoms with van der Waals surface area (Å²) in [6.07, 6.45) is 2.16. The molecule has 1 aromatic carbocycles. The van der Waals surface area contributed by atoms with Gasteiger partial charge in [-0.2, -0.15) is 0 Å². The first kappa shape index (κ1) is 17.1. The average Bonchev–Trinajstić information content (AvgIpc) is 3.20. The summed E-state index contributed by atoms with van der Waals surface area (Å²) in [6.45, 7) is -0.298. The standard InChI is InChI=1S/C17H19NO7S/c19-16(18(12-2-3-12)13-5-6-26(21,22)9-13)8-23-17(20)11-1-4-14-15(7-11)25-10-24-14/h1,4,7,12-13H,2-3,5-6,8-10H2. The summed E-state index contributed by atoms with van der Waals surface area (Å²) in [5.41, 5.74) is 0.267. The van der Waals surface area contributed by atoms with E-state index in [1.165, 1.54) is 6.07 Å². The molecule has 26 heavy (non-hydrogen) atoms. The van der Waals surface area contributed by atoms with Gasteiger partial charge >= 0.3 is 5.97 Å². The van der Waals surface area contributed by atoms with Gasteiger partial charge in [0.1, 0.15) is 0 Å². The Morgan fingerprint density at radius 3 is 2.58 bits per heavy atom. The number of nitrogens with zero attached hydrogens (tertiary/aromatic N) is 1. The predicted octanol–water partition coefficient (Wildman–Crippen LogP) is 0.750. The number of hydrogen-bond donors (Lipinski definition) is 0. The fraction of sp³-hybridized carbons (Fsp3) is 0.529. The van der Waals surface area contributed by atoms with Gasteiger partial charge in [-0.25, -0.2) is 13.2 Å². The molecule has 1 aliphatic carbocycles. The van der Waals surface area contributed by atoms with Crippen LogP contribution in [-0.2, 0) is 19.4 Å². The second-order valence-electron chi connectivity index (χ2n) is 6.73. The number of rotatable bonds is 5. The Hall–Kier alpha value is -2.29. The molecule has 4 rings (SSSR count). The van der Waals surface area contributed by atoms with Crippen LogP contribution in [-0.4, -0.2) is 62.2 Å². The lowest BCUT2D eigenvalue weighted by molar-refractivity contribution is -0.137. The highest BCUT2D eigenvalue weighted by Gasteiger charge is 2.42. The number of hydrogen-bond acceptors (Lipinski definition) is 7. The molecule has 2 fully saturated rings. The zero-order chi connectivity index (χ0) is 18.3. The van der Waals surface area contributed by atoms with Crippen LogP contribution in [0, 0.1) is 0 Å². The van der Waals surface area contributed by atoms with E-state index in [4.69, 9.17) is 14.2 Å². The molecule has 1 saturated heterocycles. The topological polar surface area (TPSA) is 99.2 Å². The van der Waals surface area contributed by atoms with Gasteiger partial charge in [-0.05, 0) is 37.5 Å². The minimum absolute atomic E-state index is 0.00858. The predicted molar refractivity (Wildman–Crippen MR) is 89.8 cm³/mol. The number of amides is 1. The molecule has 0 radical (unpaired) electrons. The van der Waals surface area contributed by atoms with Gasteiger partial charge in [0.2, 0.25) is 6.79 Å². The number of fused-ring (bicyclic) bond motifs is 1. The molecule has 2 heterocycles. The smallest absolute Gasteiger partial charge is 0.338 e. The van der Waals surface area contributed by atoms with Gasteiger partial charge in [0.15, 0.2) is 27.9 Å². The van der Waals surface area contributed by atoms with Crippen molar-refractivity contribution in [1.29, 1.82) is 0 Å². The Kier molecular flexibility index (Phi) is 4.26. The van der Waals surface area contributed by atoms with Crippen LogP contribution in [0.2, 0.25) is 0 Å². The molecule has 1 amide bonds. The van der Waals surface area contributed by atoms with Gasteiger partial charge in [-0.15, -0.1) is 0 Å². The second kappa shape index (κ2) is 6.46. The minimum Gasteiger partial charge on any atom is -0.454 e. The first-order valence-corrected chi connectivity index (χ1v) is 10.3. The zero-order valence-corrected chi connectivity index (χ0v) is 14.9. The van der Waals surface area contributed by atoms with E-state index in [2.05, 4.69) is 0 Å². The monoisotopic (exact) mass is 381 g/mol. The normalized spacial score (nSPS) is 22.8. The second-order valence-corrected chi connectivity index (χ2v) is 8.96. The molecule has 0 spiro atoms. The van der Waals surface area contributed by atoms with E-state index in [9.17, 15) is 18.0 Å². The Morgan fingerprint density at radius 2 is 1.88 bits per heavy atom. The number of carbonyl (C=O) groups excluding carboxylic acids is 2. The van der Waals surface area contributed by atoms with Gasteiger partial charge in [-0.1, -0.05) is 0 Å². The summed E-state index contributed by atoms with van der Waals surface area (Å²) in [5, 5.41) is 0. The minimum atomic E-state index is -3.09. The third-order valence-corrected chi connectivity index (χ3v) is 6.52. The van der Waals surface area contributed by atoms with Gasteiger partial charge in [0.05, 0.1) is 17.1 Å². The number of esters is 1. The fourth-order valence-electron chi connectivity index (χ4n) is 3.36. The highest BCUT2D eigenvalue weighted by molar-refractivity contribution is 7.91. The number of ether oxygens (including phenoxy) is 3. The van der Waals surface area contributed by atoms with Crippen molar-refractivity contribution in [3.05, 3.63) is 23.8 Å². The Bertz CT molecular complexity index is 847. The molecule has 2 aliphatic heterocycles. The lowest BCUT2D eigenvalue weighted by Crippen LogP contribution is -2.44. The van der Waals surface area contributed by atoms with Crippen molar-refractivity contribution < 1.29 is 32.2 Å². The van der Waals surface area contributed by atoms with Gasteiger partial charge in [-0.3, -0.25) is 4.79 Å². The molecular weight excluding hydrogens is 362 g/mol. The van der Waals surface area contributed by atoms with Crippen LogP contribution >= 0.6 is 0 Å². The quantitative estimate of drug-likeness (QED) is 0.694. The molecule has 0 N–H and O–H groups in total. The van der Waals surface area contributed by atoms with E-state index in [0.717, 1.165) is 12.8 Å². The molecule has 1 unspecified atom stereocenters. The van der Waals surface area contributed by atoms with E-state index in [1.54, 1.807) is 17.0 Å². The van der Waals surface area contributed by atoms with Crippen molar-refractivity contribution in [2.45, 2.75) is 31.3 Å². The lowest BCUT2D eigenvalue weighted by Gasteiger charge is -2.28. The Labute approximate surface area is 150 Å². The van der Waals surface area contributed by atoms with Crippen molar-refractivity contribution in [1.82, 2.24) is 4.90 Å². The molecule has 3 aliphatic rings. The SMILES string of the molecule is O=C(OCC(=O)N(C1CC1)C1CCS(=O)(=O)C1)c1ccc2c(c1)OCO2. The van der Waals surface area contributed by atoms with Crippen molar-refractivity contribution >= 4 is 21.7 Å². The molecule has 9 heteroatoms. The van der Waals surface area contributed by atoms with Crippen molar-refractivity contribution in [3.63, 3.8) is 0 Å². The fourth-order valence-corrected chi connectivity index (χ4v) is 5.07. The molecule has 1 saturated carbocycles. The molecule has 1 aromatic rings. The summed E-state index contributed by atoms with van der Waals surface area (Å²) in [6, 6.07) is 4.41. The highest BCUT2D eigenvalue weighted by Crippen LogP contribution is 2.33. The van der Waals surface area contributed by atoms with Crippen LogP contribution < -0.4 is 9.47 Å². The maximum Gasteiger partial charge on any atom is 0.338 e. The first-order chi connectivity index (χ1) is 12.4. The third kappa shape index (κ3) is 3.48. The van der Waals surface area contributed by atoms with E-state index < -0.39 is 22.4 Å². The van der Waals surface area contributed by atoms with E-state index in [1.807, 2.05) is 0 Å². The molecule has 0 bridgehead atoms. The Balaban J connectivity index is 1.38. The maximum absolute atomic E-state index is 12.6. The van der Waals surface area contributed by atoms with Crippen LogP contribution in [0.3, 0.4) is 0 Å². The van der Waals surface area contributed by atoms with Crippen molar-refractivity contribution in [2.75, 3.05) is 24.9 Å². The number of benzene rings is 1. The maximum atomic E-state index is 12.6. The van der Waals surface area contributed by atoms with Gasteiger partial charge in [0, 0.05) is 12.1 Å². The molecule has 0 aromatic heterocycles. The first-order valence-electron chi connectivity index (χ1n) is 8.51. The number of sulfone groups is 1. The van der Waals surface area contributed by atoms with Crippen molar-refractivity contribution in [3.8, 4) is 11.5 Å². The highest BCUT2D eigenvalue weighted by atomic mass is 32.2. The van der Waals surface area contributed by atoms with Gasteiger partial charge in [0.25, 0.3) is 5.91 Å². The summed E-state index contributed by atoms with van der Waals surface area (Å²) in [4.78, 5) is 26.4. The molecule has 8 nitrogen and oxygen atoms in total. The molecule has 1 atom stereocenters. The third-order valence-electron chi connectivity index (χ3n) is 4.77. The van der Waals surface area contributed by atoms with Gasteiger partial charge < -0.3 is 19.1 Å². The zero-order valence-electron chi connectivity index (χ0n) is 14.0. The van der Waals surface area contributed by atoms with Crippen LogP contribution in [0.5, 0.6) is 11.5 Å². The number of carbonyl (C=O) groups is 2. The molecular formula is C17H19NO7S. The van der Waals surface area contributed by atoms with E-state index in [-0.39, 0.29) is 41.9 Å². The summed E-state index contributed by atoms with van der Waals surface area (Å²) >= 11 is 0. The van der Waals surface area contributed by atoms with Crippen LogP contribution in [0.4, 0.5) is 0 Å². The average molecular weight is 381 g/mol. The van der Waals surface area contributed by atoms with Crippen LogP contribution in [0.25, 0.3) is 0 Å². The Morgan fingerprint density at radius 1 is 1.12 bits per heavy atom.